The summed E-state index contributed by atoms with van der Waals surface area (Å²) in [6.45, 7) is 3.59. The molecule has 0 heterocycles. The average molecular weight is 333 g/mol. The van der Waals surface area contributed by atoms with Gasteiger partial charge in [0.1, 0.15) is 0 Å². The molecule has 6 heteroatoms. The number of hydrogen-bond acceptors (Lipinski definition) is 2. The summed E-state index contributed by atoms with van der Waals surface area (Å²) >= 11 is 3.17. The third kappa shape index (κ3) is 4.24. The van der Waals surface area contributed by atoms with E-state index in [1.807, 2.05) is 0 Å². The van der Waals surface area contributed by atoms with Crippen molar-refractivity contribution < 1.29 is 13.2 Å². The van der Waals surface area contributed by atoms with Crippen LogP contribution in [0.15, 0.2) is 48.1 Å². The van der Waals surface area contributed by atoms with Crippen LogP contribution in [-0.4, -0.2) is 11.0 Å². The number of rotatable bonds is 4. The summed E-state index contributed by atoms with van der Waals surface area (Å²) in [6, 6.07) is 5.18. The number of aliphatic imine (C=N–C) groups is 1. The molecule has 1 aromatic carbocycles. The molecule has 0 fully saturated rings. The van der Waals surface area contributed by atoms with E-state index in [-0.39, 0.29) is 11.3 Å². The van der Waals surface area contributed by atoms with Crippen LogP contribution in [0.5, 0.6) is 0 Å². The van der Waals surface area contributed by atoms with Crippen molar-refractivity contribution in [1.82, 2.24) is 0 Å². The molecule has 0 radical (unpaired) electrons. The van der Waals surface area contributed by atoms with Gasteiger partial charge in [0, 0.05) is 10.9 Å². The Hall–Kier alpha value is -1.56. The third-order valence-electron chi connectivity index (χ3n) is 2.25. The minimum absolute atomic E-state index is 0.0421. The molecule has 1 rings (SSSR count). The number of allylic oxidation sites excluding steroid dienone is 1. The number of halogens is 4. The van der Waals surface area contributed by atoms with E-state index in [1.54, 1.807) is 0 Å². The number of hydrogen-bond donors (Lipinski definition) is 1. The molecule has 1 aromatic rings. The van der Waals surface area contributed by atoms with Crippen LogP contribution in [0.2, 0.25) is 0 Å². The molecule has 0 amide bonds. The summed E-state index contributed by atoms with van der Waals surface area (Å²) < 4.78 is 38.5. The molecule has 102 valence electrons. The fourth-order valence-electron chi connectivity index (χ4n) is 1.44. The van der Waals surface area contributed by atoms with E-state index in [1.165, 1.54) is 30.5 Å². The van der Waals surface area contributed by atoms with Gasteiger partial charge in [-0.3, -0.25) is 4.99 Å². The molecule has 19 heavy (non-hydrogen) atoms. The first-order valence-corrected chi connectivity index (χ1v) is 6.39. The van der Waals surface area contributed by atoms with E-state index >= 15 is 0 Å². The van der Waals surface area contributed by atoms with Crippen LogP contribution >= 0.6 is 15.9 Å². The second kappa shape index (κ2) is 6.56. The maximum absolute atomic E-state index is 12.8. The predicted molar refractivity (Wildman–Crippen MR) is 75.0 cm³/mol. The maximum atomic E-state index is 12.8. The second-order valence-electron chi connectivity index (χ2n) is 3.59. The Morgan fingerprint density at radius 1 is 1.37 bits per heavy atom. The highest BCUT2D eigenvalue weighted by molar-refractivity contribution is 9.09. The van der Waals surface area contributed by atoms with Crippen LogP contribution in [0.1, 0.15) is 11.1 Å². The lowest BCUT2D eigenvalue weighted by Gasteiger charge is -2.12. The van der Waals surface area contributed by atoms with Gasteiger partial charge in [-0.1, -0.05) is 40.7 Å². The zero-order valence-electron chi connectivity index (χ0n) is 9.91. The Bertz CT molecular complexity index is 519. The van der Waals surface area contributed by atoms with Crippen LogP contribution in [0.3, 0.4) is 0 Å². The number of benzene rings is 1. The van der Waals surface area contributed by atoms with Crippen LogP contribution in [0.25, 0.3) is 5.70 Å². The number of nitrogens with two attached hydrogens (primary N) is 1. The van der Waals surface area contributed by atoms with E-state index in [9.17, 15) is 13.2 Å². The normalized spacial score (nSPS) is 12.9. The molecule has 0 aliphatic rings. The van der Waals surface area contributed by atoms with E-state index in [4.69, 9.17) is 5.73 Å². The van der Waals surface area contributed by atoms with Gasteiger partial charge in [-0.2, -0.15) is 13.2 Å². The summed E-state index contributed by atoms with van der Waals surface area (Å²) in [5.74, 6) is 0. The number of nitrogens with zero attached hydrogens (tertiary/aromatic N) is 1. The maximum Gasteiger partial charge on any atom is 0.417 e. The lowest BCUT2D eigenvalue weighted by Crippen LogP contribution is -2.08. The van der Waals surface area contributed by atoms with E-state index in [2.05, 4.69) is 27.5 Å². The first-order chi connectivity index (χ1) is 8.90. The fraction of sp³-hybridized carbons (Fsp3) is 0.154. The highest BCUT2D eigenvalue weighted by Gasteiger charge is 2.33. The van der Waals surface area contributed by atoms with Gasteiger partial charge in [-0.05, 0) is 18.3 Å². The van der Waals surface area contributed by atoms with Crippen molar-refractivity contribution in [2.45, 2.75) is 6.18 Å². The van der Waals surface area contributed by atoms with Crippen molar-refractivity contribution in [2.24, 2.45) is 10.7 Å². The van der Waals surface area contributed by atoms with Gasteiger partial charge in [-0.15, -0.1) is 0 Å². The number of alkyl halides is 4. The van der Waals surface area contributed by atoms with Crippen LogP contribution in [-0.2, 0) is 6.18 Å². The van der Waals surface area contributed by atoms with Gasteiger partial charge in [0.2, 0.25) is 0 Å². The summed E-state index contributed by atoms with van der Waals surface area (Å²) in [5, 5.41) is 0.369. The van der Waals surface area contributed by atoms with Crippen molar-refractivity contribution in [2.75, 3.05) is 5.33 Å². The monoisotopic (exact) mass is 332 g/mol. The summed E-state index contributed by atoms with van der Waals surface area (Å²) in [5.41, 5.74) is 4.96. The van der Waals surface area contributed by atoms with E-state index in [0.29, 0.717) is 11.0 Å². The molecule has 0 aliphatic carbocycles. The molecule has 0 aliphatic heterocycles. The average Bonchev–Trinajstić information content (AvgIpc) is 2.37. The Morgan fingerprint density at radius 2 is 2.00 bits per heavy atom. The van der Waals surface area contributed by atoms with Crippen molar-refractivity contribution in [1.29, 1.82) is 0 Å². The van der Waals surface area contributed by atoms with Crippen molar-refractivity contribution in [3.63, 3.8) is 0 Å². The molecular weight excluding hydrogens is 321 g/mol. The first kappa shape index (κ1) is 15.5. The summed E-state index contributed by atoms with van der Waals surface area (Å²) in [6.07, 6.45) is -1.67. The molecule has 0 aromatic heterocycles. The van der Waals surface area contributed by atoms with Crippen molar-refractivity contribution in [3.8, 4) is 0 Å². The SMILES string of the molecule is C=C(N=C(/C=C\N)CBr)c1ccccc1C(F)(F)F. The molecule has 2 N–H and O–H groups in total. The lowest BCUT2D eigenvalue weighted by atomic mass is 10.0. The van der Waals surface area contributed by atoms with Gasteiger partial charge < -0.3 is 5.73 Å². The molecule has 0 saturated heterocycles. The molecular formula is C13H12BrF3N2. The van der Waals surface area contributed by atoms with E-state index < -0.39 is 11.7 Å². The molecule has 0 bridgehead atoms. The smallest absolute Gasteiger partial charge is 0.405 e. The van der Waals surface area contributed by atoms with Gasteiger partial charge in [0.25, 0.3) is 0 Å². The molecule has 0 saturated carbocycles. The minimum Gasteiger partial charge on any atom is -0.405 e. The van der Waals surface area contributed by atoms with Crippen LogP contribution in [0, 0.1) is 0 Å². The first-order valence-electron chi connectivity index (χ1n) is 5.27. The highest BCUT2D eigenvalue weighted by Crippen LogP contribution is 2.34. The van der Waals surface area contributed by atoms with Crippen molar-refractivity contribution >= 4 is 27.3 Å². The topological polar surface area (TPSA) is 38.4 Å². The standard InChI is InChI=1S/C13H12BrF3N2/c1-9(19-10(8-14)6-7-18)11-4-2-3-5-12(11)13(15,16)17/h2-7H,1,8,18H2/b7-6-,19-10?. The summed E-state index contributed by atoms with van der Waals surface area (Å²) in [4.78, 5) is 4.04. The van der Waals surface area contributed by atoms with Gasteiger partial charge in [0.05, 0.1) is 17.0 Å². The Balaban J connectivity index is 3.21. The Morgan fingerprint density at radius 3 is 2.53 bits per heavy atom. The molecule has 0 atom stereocenters. The van der Waals surface area contributed by atoms with Crippen molar-refractivity contribution in [3.05, 3.63) is 54.2 Å². The molecule has 0 unspecified atom stereocenters. The van der Waals surface area contributed by atoms with E-state index in [0.717, 1.165) is 6.07 Å². The highest BCUT2D eigenvalue weighted by atomic mass is 79.9. The third-order valence-corrected chi connectivity index (χ3v) is 2.82. The van der Waals surface area contributed by atoms with Gasteiger partial charge in [-0.25, -0.2) is 0 Å². The van der Waals surface area contributed by atoms with Crippen LogP contribution in [0.4, 0.5) is 13.2 Å². The summed E-state index contributed by atoms with van der Waals surface area (Å²) in [7, 11) is 0. The molecule has 2 nitrogen and oxygen atoms in total. The lowest BCUT2D eigenvalue weighted by molar-refractivity contribution is -0.137. The Labute approximate surface area is 117 Å². The van der Waals surface area contributed by atoms with Gasteiger partial charge >= 0.3 is 6.18 Å². The van der Waals surface area contributed by atoms with Crippen LogP contribution < -0.4 is 5.73 Å². The Kier molecular flexibility index (Phi) is 5.35. The second-order valence-corrected chi connectivity index (χ2v) is 4.15. The zero-order valence-corrected chi connectivity index (χ0v) is 11.5. The minimum atomic E-state index is -4.44. The zero-order chi connectivity index (χ0) is 14.5. The van der Waals surface area contributed by atoms with Gasteiger partial charge in [0.15, 0.2) is 0 Å². The quantitative estimate of drug-likeness (QED) is 0.657. The largest absolute Gasteiger partial charge is 0.417 e. The molecule has 0 spiro atoms. The predicted octanol–water partition coefficient (Wildman–Crippen LogP) is 3.98. The fourth-order valence-corrected chi connectivity index (χ4v) is 1.75.